The van der Waals surface area contributed by atoms with E-state index < -0.39 is 17.7 Å². The molecule has 2 aromatic heterocycles. The lowest BCUT2D eigenvalue weighted by atomic mass is 10.00. The first-order chi connectivity index (χ1) is 21.7. The highest BCUT2D eigenvalue weighted by atomic mass is 127. The minimum atomic E-state index is -0.650. The van der Waals surface area contributed by atoms with Crippen molar-refractivity contribution in [3.63, 3.8) is 0 Å². The maximum atomic E-state index is 15.0. The van der Waals surface area contributed by atoms with Gasteiger partial charge in [0.2, 0.25) is 0 Å². The number of carbonyl (C=O) groups excluding carboxylic acids is 1. The fourth-order valence-electron chi connectivity index (χ4n) is 5.76. The predicted molar refractivity (Wildman–Crippen MR) is 178 cm³/mol. The number of fused-ring (bicyclic) bond motifs is 2. The lowest BCUT2D eigenvalue weighted by molar-refractivity contribution is 0.0160. The zero-order valence-corrected chi connectivity index (χ0v) is 28.9. The average Bonchev–Trinajstić information content (AvgIpc) is 3.69. The second kappa shape index (κ2) is 12.0. The van der Waals surface area contributed by atoms with Crippen molar-refractivity contribution in [3.8, 4) is 11.4 Å². The number of rotatable bonds is 5. The number of aryl methyl sites for hydroxylation is 3. The molecule has 2 atom stereocenters. The van der Waals surface area contributed by atoms with Gasteiger partial charge in [0.05, 0.1) is 38.1 Å². The summed E-state index contributed by atoms with van der Waals surface area (Å²) in [6, 6.07) is 4.71. The first-order valence-corrected chi connectivity index (χ1v) is 16.1. The monoisotopic (exact) mass is 747 g/mol. The molecular formula is C32H36F2IN7O4. The van der Waals surface area contributed by atoms with Gasteiger partial charge in [-0.1, -0.05) is 0 Å². The quantitative estimate of drug-likeness (QED) is 0.237. The third kappa shape index (κ3) is 5.98. The summed E-state index contributed by atoms with van der Waals surface area (Å²) < 4.78 is 50.9. The van der Waals surface area contributed by atoms with Crippen LogP contribution in [0.5, 0.6) is 5.75 Å². The van der Waals surface area contributed by atoms with Crippen LogP contribution in [-0.4, -0.2) is 68.0 Å². The molecule has 0 fully saturated rings. The van der Waals surface area contributed by atoms with Gasteiger partial charge in [-0.25, -0.2) is 23.2 Å². The Morgan fingerprint density at radius 1 is 1.17 bits per heavy atom. The highest BCUT2D eigenvalue weighted by Crippen LogP contribution is 2.38. The number of nitrogens with one attached hydrogen (secondary N) is 1. The van der Waals surface area contributed by atoms with E-state index in [1.165, 1.54) is 6.20 Å². The number of nitrogens with zero attached hydrogens (tertiary/aromatic N) is 6. The summed E-state index contributed by atoms with van der Waals surface area (Å²) in [7, 11) is 1.75. The summed E-state index contributed by atoms with van der Waals surface area (Å²) >= 11 is 1.93. The average molecular weight is 748 g/mol. The number of amides is 1. The topological polar surface area (TPSA) is 108 Å². The van der Waals surface area contributed by atoms with Gasteiger partial charge in [-0.15, -0.1) is 0 Å². The van der Waals surface area contributed by atoms with E-state index in [9.17, 15) is 13.6 Å². The van der Waals surface area contributed by atoms with E-state index in [2.05, 4.69) is 10.4 Å². The molecule has 0 bridgehead atoms. The van der Waals surface area contributed by atoms with Crippen molar-refractivity contribution >= 4 is 51.4 Å². The van der Waals surface area contributed by atoms with E-state index in [1.807, 2.05) is 50.3 Å². The van der Waals surface area contributed by atoms with Crippen molar-refractivity contribution in [3.05, 3.63) is 62.0 Å². The van der Waals surface area contributed by atoms with Crippen LogP contribution in [0.25, 0.3) is 16.6 Å². The number of aromatic nitrogens is 4. The summed E-state index contributed by atoms with van der Waals surface area (Å²) in [6.45, 7) is 11.7. The molecular weight excluding hydrogens is 711 g/mol. The lowest BCUT2D eigenvalue weighted by Gasteiger charge is -2.34. The molecule has 11 nitrogen and oxygen atoms in total. The minimum absolute atomic E-state index is 0.153. The second-order valence-corrected chi connectivity index (χ2v) is 13.7. The van der Waals surface area contributed by atoms with Crippen molar-refractivity contribution < 1.29 is 27.8 Å². The van der Waals surface area contributed by atoms with E-state index in [-0.39, 0.29) is 36.9 Å². The predicted octanol–water partition coefficient (Wildman–Crippen LogP) is 6.36. The summed E-state index contributed by atoms with van der Waals surface area (Å²) in [4.78, 5) is 19.5. The normalized spacial score (nSPS) is 18.0. The van der Waals surface area contributed by atoms with E-state index in [0.29, 0.717) is 55.8 Å². The minimum Gasteiger partial charge on any atom is -0.490 e. The Kier molecular flexibility index (Phi) is 8.36. The summed E-state index contributed by atoms with van der Waals surface area (Å²) in [6.07, 6.45) is 1.58. The van der Waals surface area contributed by atoms with Crippen LogP contribution in [0, 0.1) is 29.1 Å². The smallest absolute Gasteiger partial charge is 0.410 e. The van der Waals surface area contributed by atoms with Gasteiger partial charge in [-0.2, -0.15) is 10.2 Å². The van der Waals surface area contributed by atoms with Gasteiger partial charge in [0.25, 0.3) is 6.02 Å². The molecule has 2 aromatic carbocycles. The van der Waals surface area contributed by atoms with Crippen LogP contribution in [0.15, 0.2) is 29.4 Å². The molecule has 0 spiro atoms. The standard InChI is InChI=1S/C32H36F2IN7O4/c1-16-10-20(11-17(2)26(16)33)42-29(25-18(3)41(9-8-22(25)39-42)31(43)46-32(4,5)6)38-30-37-19(15-45-30)14-44-24-12-23-21(13-36-40(23)7)27(34)28(24)35/h10-13,18-19H,8-9,14-15H2,1-7H3,(H,37,38)/t18-,19+/m0/s1. The van der Waals surface area contributed by atoms with Crippen molar-refractivity contribution in [2.75, 3.05) is 25.1 Å². The highest BCUT2D eigenvalue weighted by Gasteiger charge is 2.37. The molecule has 1 N–H and O–H groups in total. The number of hydrogen-bond acceptors (Lipinski definition) is 8. The summed E-state index contributed by atoms with van der Waals surface area (Å²) in [5, 5.41) is 12.8. The number of hydrogen-bond donors (Lipinski definition) is 1. The van der Waals surface area contributed by atoms with Gasteiger partial charge in [0.1, 0.15) is 42.2 Å². The Hall–Kier alpha value is -3.95. The van der Waals surface area contributed by atoms with E-state index in [1.54, 1.807) is 53.4 Å². The first kappa shape index (κ1) is 32.0. The fourth-order valence-corrected chi connectivity index (χ4v) is 6.36. The van der Waals surface area contributed by atoms with Gasteiger partial charge < -0.3 is 19.1 Å². The molecule has 6 rings (SSSR count). The van der Waals surface area contributed by atoms with Crippen molar-refractivity contribution in [1.82, 2.24) is 24.5 Å². The Morgan fingerprint density at radius 3 is 2.59 bits per heavy atom. The molecule has 0 unspecified atom stereocenters. The van der Waals surface area contributed by atoms with Crippen LogP contribution in [-0.2, 0) is 22.9 Å². The van der Waals surface area contributed by atoms with Gasteiger partial charge in [-0.05, 0) is 87.4 Å². The van der Waals surface area contributed by atoms with Gasteiger partial charge in [-0.3, -0.25) is 10.00 Å². The van der Waals surface area contributed by atoms with Crippen LogP contribution in [0.3, 0.4) is 0 Å². The van der Waals surface area contributed by atoms with Crippen LogP contribution >= 0.6 is 22.6 Å². The maximum Gasteiger partial charge on any atom is 0.410 e. The zero-order chi connectivity index (χ0) is 33.1. The molecule has 1 amide bonds. The maximum absolute atomic E-state index is 15.0. The Morgan fingerprint density at radius 2 is 1.89 bits per heavy atom. The van der Waals surface area contributed by atoms with E-state index >= 15 is 0 Å². The van der Waals surface area contributed by atoms with Gasteiger partial charge >= 0.3 is 6.09 Å². The largest absolute Gasteiger partial charge is 0.490 e. The van der Waals surface area contributed by atoms with Crippen molar-refractivity contribution in [2.24, 2.45) is 12.0 Å². The number of halogens is 3. The fraction of sp³-hybridized carbons (Fsp3) is 0.438. The number of anilines is 1. The van der Waals surface area contributed by atoms with Gasteiger partial charge in [0.15, 0.2) is 5.82 Å². The van der Waals surface area contributed by atoms with Crippen molar-refractivity contribution in [2.45, 2.75) is 65.6 Å². The van der Waals surface area contributed by atoms with E-state index in [4.69, 9.17) is 24.3 Å². The molecule has 0 radical (unpaired) electrons. The molecule has 0 saturated carbocycles. The Bertz CT molecular complexity index is 1860. The zero-order valence-electron chi connectivity index (χ0n) is 26.7. The molecule has 14 heteroatoms. The van der Waals surface area contributed by atoms with Gasteiger partial charge in [0, 0.05) is 31.6 Å². The number of ether oxygens (including phenoxy) is 3. The highest BCUT2D eigenvalue weighted by molar-refractivity contribution is 14.1. The number of amidine groups is 1. The molecule has 4 aromatic rings. The molecule has 244 valence electrons. The number of aliphatic imine (C=N–C) groups is 1. The Balaban J connectivity index is 1.30. The second-order valence-electron chi connectivity index (χ2n) is 12.7. The van der Waals surface area contributed by atoms with E-state index in [0.717, 1.165) is 11.3 Å². The number of benzene rings is 2. The molecule has 4 heterocycles. The van der Waals surface area contributed by atoms with Crippen LogP contribution in [0.1, 0.15) is 56.1 Å². The van der Waals surface area contributed by atoms with Crippen LogP contribution in [0.4, 0.5) is 19.4 Å². The molecule has 2 aliphatic heterocycles. The molecule has 2 aliphatic rings. The molecule has 46 heavy (non-hydrogen) atoms. The summed E-state index contributed by atoms with van der Waals surface area (Å²) in [5.74, 6) is 0.299. The number of carbonyl (C=O) groups is 1. The SMILES string of the molecule is Cc1cc(-n2nc3c(c2NC2=N[C@H](COc4cc5c(cnn5C)c(F)c4I)CO2)[C@H](C)N(C(=O)OC(C)(C)C)CC3)cc(C)c1F. The first-order valence-electron chi connectivity index (χ1n) is 15.0. The van der Waals surface area contributed by atoms with Crippen molar-refractivity contribution in [1.29, 1.82) is 0 Å². The Labute approximate surface area is 279 Å². The molecule has 0 aliphatic carbocycles. The van der Waals surface area contributed by atoms with Crippen LogP contribution < -0.4 is 10.1 Å². The van der Waals surface area contributed by atoms with Crippen LogP contribution in [0.2, 0.25) is 0 Å². The third-order valence-corrected chi connectivity index (χ3v) is 9.04. The molecule has 0 saturated heterocycles. The lowest BCUT2D eigenvalue weighted by Crippen LogP contribution is -2.42. The third-order valence-electron chi connectivity index (χ3n) is 8.03. The summed E-state index contributed by atoms with van der Waals surface area (Å²) in [5.41, 5.74) is 3.19.